The quantitative estimate of drug-likeness (QED) is 0.176. The SMILES string of the molecule is COc1ccc(/C(C)=N\NC(=O)CSc2nnc(-c3ccc(C(C)(C)C)cc3)n2-c2ccccc2)cc1O. The number of hydrogen-bond donors (Lipinski definition) is 2. The molecule has 0 aliphatic heterocycles. The van der Waals surface area contributed by atoms with Gasteiger partial charge in [0.1, 0.15) is 0 Å². The van der Waals surface area contributed by atoms with Crippen molar-refractivity contribution in [1.82, 2.24) is 20.2 Å². The number of amides is 1. The van der Waals surface area contributed by atoms with Crippen LogP contribution in [0.15, 0.2) is 83.1 Å². The summed E-state index contributed by atoms with van der Waals surface area (Å²) in [5, 5.41) is 23.6. The Morgan fingerprint density at radius 2 is 1.76 bits per heavy atom. The van der Waals surface area contributed by atoms with Crippen LogP contribution in [0.1, 0.15) is 38.8 Å². The smallest absolute Gasteiger partial charge is 0.250 e. The Balaban J connectivity index is 1.51. The number of methoxy groups -OCH3 is 1. The monoisotopic (exact) mass is 529 g/mol. The van der Waals surface area contributed by atoms with Crippen molar-refractivity contribution in [2.75, 3.05) is 12.9 Å². The summed E-state index contributed by atoms with van der Waals surface area (Å²) in [5.74, 6) is 0.886. The second-order valence-corrected chi connectivity index (χ2v) is 10.7. The Labute approximate surface area is 226 Å². The molecular weight excluding hydrogens is 498 g/mol. The zero-order chi connectivity index (χ0) is 27.3. The number of phenols is 1. The van der Waals surface area contributed by atoms with Crippen molar-refractivity contribution in [2.45, 2.75) is 38.3 Å². The Kier molecular flexibility index (Phi) is 8.16. The third-order valence-corrected chi connectivity index (χ3v) is 6.86. The van der Waals surface area contributed by atoms with Crippen LogP contribution in [0.3, 0.4) is 0 Å². The van der Waals surface area contributed by atoms with Gasteiger partial charge in [-0.25, -0.2) is 5.43 Å². The summed E-state index contributed by atoms with van der Waals surface area (Å²) in [4.78, 5) is 12.6. The van der Waals surface area contributed by atoms with Gasteiger partial charge in [0.2, 0.25) is 0 Å². The third-order valence-electron chi connectivity index (χ3n) is 5.93. The highest BCUT2D eigenvalue weighted by Crippen LogP contribution is 2.30. The van der Waals surface area contributed by atoms with Crippen molar-refractivity contribution in [3.8, 4) is 28.6 Å². The van der Waals surface area contributed by atoms with Crippen molar-refractivity contribution < 1.29 is 14.6 Å². The zero-order valence-electron chi connectivity index (χ0n) is 22.1. The number of rotatable bonds is 8. The molecule has 0 saturated carbocycles. The number of carbonyl (C=O) groups is 1. The van der Waals surface area contributed by atoms with Crippen LogP contribution < -0.4 is 10.2 Å². The van der Waals surface area contributed by atoms with E-state index in [4.69, 9.17) is 4.74 Å². The van der Waals surface area contributed by atoms with Crippen molar-refractivity contribution >= 4 is 23.4 Å². The first-order valence-corrected chi connectivity index (χ1v) is 13.1. The summed E-state index contributed by atoms with van der Waals surface area (Å²) in [6.45, 7) is 8.29. The van der Waals surface area contributed by atoms with Crippen LogP contribution in [0.4, 0.5) is 0 Å². The van der Waals surface area contributed by atoms with Gasteiger partial charge in [-0.15, -0.1) is 10.2 Å². The molecule has 0 unspecified atom stereocenters. The van der Waals surface area contributed by atoms with E-state index in [0.717, 1.165) is 11.3 Å². The number of ether oxygens (including phenoxy) is 1. The van der Waals surface area contributed by atoms with Crippen LogP contribution in [0.25, 0.3) is 17.1 Å². The lowest BCUT2D eigenvalue weighted by Gasteiger charge is -2.19. The van der Waals surface area contributed by atoms with Gasteiger partial charge in [0.25, 0.3) is 5.91 Å². The number of nitrogens with one attached hydrogen (secondary N) is 1. The minimum atomic E-state index is -0.286. The minimum Gasteiger partial charge on any atom is -0.504 e. The lowest BCUT2D eigenvalue weighted by molar-refractivity contribution is -0.118. The van der Waals surface area contributed by atoms with Gasteiger partial charge in [-0.2, -0.15) is 5.10 Å². The zero-order valence-corrected chi connectivity index (χ0v) is 22.9. The molecule has 0 atom stereocenters. The van der Waals surface area contributed by atoms with Crippen LogP contribution in [-0.2, 0) is 10.2 Å². The van der Waals surface area contributed by atoms with E-state index in [0.29, 0.717) is 28.0 Å². The number of carbonyl (C=O) groups excluding carboxylic acids is 1. The van der Waals surface area contributed by atoms with E-state index in [1.54, 1.807) is 19.1 Å². The van der Waals surface area contributed by atoms with Gasteiger partial charge in [-0.05, 0) is 48.2 Å². The summed E-state index contributed by atoms with van der Waals surface area (Å²) in [6.07, 6.45) is 0. The summed E-state index contributed by atoms with van der Waals surface area (Å²) in [7, 11) is 1.48. The lowest BCUT2D eigenvalue weighted by atomic mass is 9.87. The van der Waals surface area contributed by atoms with Gasteiger partial charge < -0.3 is 9.84 Å². The molecule has 0 aliphatic rings. The van der Waals surface area contributed by atoms with E-state index in [-0.39, 0.29) is 22.8 Å². The van der Waals surface area contributed by atoms with Crippen LogP contribution >= 0.6 is 11.8 Å². The Morgan fingerprint density at radius 3 is 2.39 bits per heavy atom. The molecule has 8 nitrogen and oxygen atoms in total. The van der Waals surface area contributed by atoms with E-state index in [1.807, 2.05) is 34.9 Å². The maximum absolute atomic E-state index is 12.6. The average Bonchev–Trinajstić information content (AvgIpc) is 3.34. The molecule has 3 aromatic carbocycles. The fourth-order valence-electron chi connectivity index (χ4n) is 3.77. The number of aromatic hydroxyl groups is 1. The number of para-hydroxylation sites is 1. The maximum atomic E-state index is 12.6. The van der Waals surface area contributed by atoms with E-state index < -0.39 is 0 Å². The van der Waals surface area contributed by atoms with Gasteiger partial charge in [-0.1, -0.05) is 75.0 Å². The molecule has 0 saturated heterocycles. The molecule has 38 heavy (non-hydrogen) atoms. The highest BCUT2D eigenvalue weighted by atomic mass is 32.2. The fraction of sp³-hybridized carbons (Fsp3) is 0.241. The van der Waals surface area contributed by atoms with Gasteiger partial charge in [0, 0.05) is 16.8 Å². The molecule has 0 radical (unpaired) electrons. The topological polar surface area (TPSA) is 102 Å². The van der Waals surface area contributed by atoms with Crippen LogP contribution in [0, 0.1) is 0 Å². The maximum Gasteiger partial charge on any atom is 0.250 e. The van der Waals surface area contributed by atoms with Crippen LogP contribution in [0.2, 0.25) is 0 Å². The van der Waals surface area contributed by atoms with Crippen molar-refractivity contribution in [1.29, 1.82) is 0 Å². The van der Waals surface area contributed by atoms with Crippen molar-refractivity contribution in [3.63, 3.8) is 0 Å². The second-order valence-electron chi connectivity index (χ2n) is 9.71. The third kappa shape index (κ3) is 6.23. The standard InChI is InChI=1S/C29H31N5O3S/c1-19(21-13-16-25(37-5)24(35)17-21)30-31-26(36)18-38-28-33-32-27(34(28)23-9-7-6-8-10-23)20-11-14-22(15-12-20)29(2,3)4/h6-17,35H,18H2,1-5H3,(H,31,36)/b30-19-. The number of nitrogens with zero attached hydrogens (tertiary/aromatic N) is 4. The summed E-state index contributed by atoms with van der Waals surface area (Å²) < 4.78 is 7.02. The van der Waals surface area contributed by atoms with Gasteiger partial charge in [0.05, 0.1) is 18.6 Å². The summed E-state index contributed by atoms with van der Waals surface area (Å²) in [6, 6.07) is 23.1. The Hall–Kier alpha value is -4.11. The number of benzene rings is 3. The summed E-state index contributed by atoms with van der Waals surface area (Å²) in [5.41, 5.74) is 6.92. The molecule has 1 heterocycles. The predicted molar refractivity (Wildman–Crippen MR) is 151 cm³/mol. The lowest BCUT2D eigenvalue weighted by Crippen LogP contribution is -2.21. The first kappa shape index (κ1) is 26.9. The normalized spacial score (nSPS) is 11.9. The van der Waals surface area contributed by atoms with Gasteiger partial charge >= 0.3 is 0 Å². The van der Waals surface area contributed by atoms with Crippen LogP contribution in [0.5, 0.6) is 11.5 Å². The molecule has 196 valence electrons. The number of hydrogen-bond acceptors (Lipinski definition) is 7. The number of hydrazone groups is 1. The molecule has 0 bridgehead atoms. The van der Waals surface area contributed by atoms with E-state index in [2.05, 4.69) is 65.8 Å². The minimum absolute atomic E-state index is 0.00512. The highest BCUT2D eigenvalue weighted by molar-refractivity contribution is 7.99. The van der Waals surface area contributed by atoms with E-state index in [9.17, 15) is 9.90 Å². The highest BCUT2D eigenvalue weighted by Gasteiger charge is 2.19. The molecule has 2 N–H and O–H groups in total. The average molecular weight is 530 g/mol. The van der Waals surface area contributed by atoms with Gasteiger partial charge in [0.15, 0.2) is 22.5 Å². The second kappa shape index (κ2) is 11.5. The van der Waals surface area contributed by atoms with Crippen molar-refractivity contribution in [2.24, 2.45) is 5.10 Å². The van der Waals surface area contributed by atoms with Gasteiger partial charge in [-0.3, -0.25) is 9.36 Å². The molecule has 1 aromatic heterocycles. The molecule has 4 aromatic rings. The molecule has 0 spiro atoms. The number of thioether (sulfide) groups is 1. The first-order chi connectivity index (χ1) is 18.2. The molecular formula is C29H31N5O3S. The first-order valence-electron chi connectivity index (χ1n) is 12.1. The Morgan fingerprint density at radius 1 is 1.05 bits per heavy atom. The van der Waals surface area contributed by atoms with E-state index in [1.165, 1.54) is 30.5 Å². The number of phenolic OH excluding ortho intramolecular Hbond substituents is 1. The predicted octanol–water partition coefficient (Wildman–Crippen LogP) is 5.58. The molecule has 1 amide bonds. The fourth-order valence-corrected chi connectivity index (χ4v) is 4.51. The number of aromatic nitrogens is 3. The molecule has 4 rings (SSSR count). The van der Waals surface area contributed by atoms with Crippen LogP contribution in [-0.4, -0.2) is 44.4 Å². The van der Waals surface area contributed by atoms with E-state index >= 15 is 0 Å². The molecule has 0 fully saturated rings. The molecule has 0 aliphatic carbocycles. The Bertz CT molecular complexity index is 1440. The van der Waals surface area contributed by atoms with Crippen molar-refractivity contribution in [3.05, 3.63) is 83.9 Å². The summed E-state index contributed by atoms with van der Waals surface area (Å²) >= 11 is 1.28. The largest absolute Gasteiger partial charge is 0.504 e. The molecule has 9 heteroatoms.